The molecule has 0 heterocycles. The first kappa shape index (κ1) is 21.8. The van der Waals surface area contributed by atoms with Gasteiger partial charge in [-0.3, -0.25) is 0 Å². The molecule has 0 atom stereocenters. The lowest BCUT2D eigenvalue weighted by atomic mass is 10.4. The third-order valence-electron chi connectivity index (χ3n) is 2.71. The zero-order valence-electron chi connectivity index (χ0n) is 14.9. The van der Waals surface area contributed by atoms with E-state index in [4.69, 9.17) is 18.9 Å². The molecule has 0 saturated heterocycles. The van der Waals surface area contributed by atoms with E-state index in [9.17, 15) is 0 Å². The van der Waals surface area contributed by atoms with Gasteiger partial charge in [-0.25, -0.2) is 0 Å². The quantitative estimate of drug-likeness (QED) is 0.391. The first-order valence-electron chi connectivity index (χ1n) is 8.40. The molecular formula is C16H36N2O4. The first-order valence-corrected chi connectivity index (χ1v) is 8.40. The summed E-state index contributed by atoms with van der Waals surface area (Å²) in [7, 11) is 0. The minimum atomic E-state index is 0.507. The predicted octanol–water partition coefficient (Wildman–Crippen LogP) is 1.05. The Labute approximate surface area is 136 Å². The molecular weight excluding hydrogens is 284 g/mol. The lowest BCUT2D eigenvalue weighted by Gasteiger charge is -2.10. The molecule has 6 nitrogen and oxygen atoms in total. The molecule has 0 aliphatic carbocycles. The molecule has 0 saturated carbocycles. The summed E-state index contributed by atoms with van der Waals surface area (Å²) >= 11 is 0. The molecule has 0 bridgehead atoms. The van der Waals surface area contributed by atoms with Gasteiger partial charge in [-0.2, -0.15) is 0 Å². The van der Waals surface area contributed by atoms with E-state index in [-0.39, 0.29) is 0 Å². The topological polar surface area (TPSA) is 61.0 Å². The van der Waals surface area contributed by atoms with Crippen LogP contribution in [0.1, 0.15) is 27.7 Å². The van der Waals surface area contributed by atoms with Crippen LogP contribution in [0.25, 0.3) is 0 Å². The van der Waals surface area contributed by atoms with Crippen LogP contribution in [0.2, 0.25) is 0 Å². The Balaban J connectivity index is 2.97. The highest BCUT2D eigenvalue weighted by atomic mass is 16.6. The van der Waals surface area contributed by atoms with E-state index >= 15 is 0 Å². The minimum Gasteiger partial charge on any atom is -0.378 e. The number of hydrogen-bond acceptors (Lipinski definition) is 6. The van der Waals surface area contributed by atoms with Crippen LogP contribution in [0.15, 0.2) is 0 Å². The molecule has 0 aliphatic rings. The Morgan fingerprint density at radius 2 is 0.773 bits per heavy atom. The van der Waals surface area contributed by atoms with Crippen LogP contribution in [0, 0.1) is 0 Å². The van der Waals surface area contributed by atoms with Gasteiger partial charge in [0.25, 0.3) is 0 Å². The highest BCUT2D eigenvalue weighted by molar-refractivity contribution is 4.51. The summed E-state index contributed by atoms with van der Waals surface area (Å²) in [5, 5.41) is 6.59. The molecule has 0 spiro atoms. The van der Waals surface area contributed by atoms with Crippen molar-refractivity contribution in [1.29, 1.82) is 0 Å². The average molecular weight is 320 g/mol. The summed E-state index contributed by atoms with van der Waals surface area (Å²) in [6, 6.07) is 1.01. The smallest absolute Gasteiger partial charge is 0.0701 e. The highest BCUT2D eigenvalue weighted by Gasteiger charge is 1.95. The summed E-state index contributed by atoms with van der Waals surface area (Å²) in [6.07, 6.45) is 0. The van der Waals surface area contributed by atoms with Gasteiger partial charge in [-0.05, 0) is 0 Å². The van der Waals surface area contributed by atoms with Crippen LogP contribution in [-0.4, -0.2) is 78.0 Å². The fraction of sp³-hybridized carbons (Fsp3) is 1.00. The molecule has 22 heavy (non-hydrogen) atoms. The predicted molar refractivity (Wildman–Crippen MR) is 89.6 cm³/mol. The van der Waals surface area contributed by atoms with E-state index < -0.39 is 0 Å². The van der Waals surface area contributed by atoms with Crippen LogP contribution in [0.4, 0.5) is 0 Å². The maximum absolute atomic E-state index is 5.43. The van der Waals surface area contributed by atoms with E-state index in [0.717, 1.165) is 26.3 Å². The molecule has 6 heteroatoms. The summed E-state index contributed by atoms with van der Waals surface area (Å²) in [5.41, 5.74) is 0. The highest BCUT2D eigenvalue weighted by Crippen LogP contribution is 1.83. The molecule has 0 aliphatic heterocycles. The molecule has 0 unspecified atom stereocenters. The van der Waals surface area contributed by atoms with Crippen LogP contribution >= 0.6 is 0 Å². The summed E-state index contributed by atoms with van der Waals surface area (Å²) in [5.74, 6) is 0. The second-order valence-corrected chi connectivity index (χ2v) is 5.67. The van der Waals surface area contributed by atoms with Crippen molar-refractivity contribution in [2.45, 2.75) is 39.8 Å². The van der Waals surface area contributed by atoms with E-state index in [1.165, 1.54) is 0 Å². The second-order valence-electron chi connectivity index (χ2n) is 5.67. The van der Waals surface area contributed by atoms with Crippen molar-refractivity contribution in [3.63, 3.8) is 0 Å². The zero-order chi connectivity index (χ0) is 16.5. The first-order chi connectivity index (χ1) is 10.6. The van der Waals surface area contributed by atoms with Crippen molar-refractivity contribution in [3.8, 4) is 0 Å². The molecule has 0 aromatic rings. The number of ether oxygens (including phenoxy) is 4. The van der Waals surface area contributed by atoms with Gasteiger partial charge in [-0.1, -0.05) is 27.7 Å². The molecule has 0 radical (unpaired) electrons. The molecule has 0 aromatic carbocycles. The largest absolute Gasteiger partial charge is 0.378 e. The summed E-state index contributed by atoms with van der Waals surface area (Å²) < 4.78 is 21.7. The monoisotopic (exact) mass is 320 g/mol. The molecule has 0 aromatic heterocycles. The Morgan fingerprint density at radius 3 is 1.05 bits per heavy atom. The number of rotatable bonds is 17. The standard InChI is InChI=1S/C16H36N2O4/c1-15(2)17-5-7-19-9-11-21-13-14-22-12-10-20-8-6-18-16(3)4/h15-18H,5-14H2,1-4H3. The SMILES string of the molecule is CC(C)NCCOCCOCCOCCOCCNC(C)C. The zero-order valence-corrected chi connectivity index (χ0v) is 14.9. The van der Waals surface area contributed by atoms with Crippen LogP contribution in [-0.2, 0) is 18.9 Å². The third-order valence-corrected chi connectivity index (χ3v) is 2.71. The molecule has 0 rings (SSSR count). The Hall–Kier alpha value is -0.240. The van der Waals surface area contributed by atoms with Gasteiger partial charge in [0, 0.05) is 25.2 Å². The van der Waals surface area contributed by atoms with E-state index in [2.05, 4.69) is 38.3 Å². The Morgan fingerprint density at radius 1 is 0.500 bits per heavy atom. The van der Waals surface area contributed by atoms with Crippen LogP contribution in [0.3, 0.4) is 0 Å². The van der Waals surface area contributed by atoms with Crippen molar-refractivity contribution >= 4 is 0 Å². The Bertz CT molecular complexity index is 194. The van der Waals surface area contributed by atoms with Crippen molar-refractivity contribution in [3.05, 3.63) is 0 Å². The van der Waals surface area contributed by atoms with Crippen molar-refractivity contribution in [2.24, 2.45) is 0 Å². The van der Waals surface area contributed by atoms with Gasteiger partial charge in [0.2, 0.25) is 0 Å². The summed E-state index contributed by atoms with van der Waals surface area (Å²) in [6.45, 7) is 15.4. The van der Waals surface area contributed by atoms with Gasteiger partial charge >= 0.3 is 0 Å². The van der Waals surface area contributed by atoms with Crippen molar-refractivity contribution in [2.75, 3.05) is 65.9 Å². The molecule has 134 valence electrons. The lowest BCUT2D eigenvalue weighted by molar-refractivity contribution is -0.00127. The summed E-state index contributed by atoms with van der Waals surface area (Å²) in [4.78, 5) is 0. The van der Waals surface area contributed by atoms with Crippen LogP contribution < -0.4 is 10.6 Å². The number of nitrogens with one attached hydrogen (secondary N) is 2. The van der Waals surface area contributed by atoms with E-state index in [0.29, 0.717) is 51.7 Å². The maximum Gasteiger partial charge on any atom is 0.0701 e. The molecule has 0 amide bonds. The third kappa shape index (κ3) is 19.8. The number of hydrogen-bond donors (Lipinski definition) is 2. The average Bonchev–Trinajstić information content (AvgIpc) is 2.46. The lowest BCUT2D eigenvalue weighted by Crippen LogP contribution is -2.27. The van der Waals surface area contributed by atoms with Crippen molar-refractivity contribution < 1.29 is 18.9 Å². The molecule has 0 fully saturated rings. The van der Waals surface area contributed by atoms with Crippen molar-refractivity contribution in [1.82, 2.24) is 10.6 Å². The van der Waals surface area contributed by atoms with Gasteiger partial charge in [0.05, 0.1) is 52.9 Å². The fourth-order valence-corrected chi connectivity index (χ4v) is 1.60. The fourth-order valence-electron chi connectivity index (χ4n) is 1.60. The van der Waals surface area contributed by atoms with Crippen LogP contribution in [0.5, 0.6) is 0 Å². The normalized spacial score (nSPS) is 11.7. The molecule has 2 N–H and O–H groups in total. The van der Waals surface area contributed by atoms with Gasteiger partial charge in [-0.15, -0.1) is 0 Å². The minimum absolute atomic E-state index is 0.507. The van der Waals surface area contributed by atoms with E-state index in [1.807, 2.05) is 0 Å². The van der Waals surface area contributed by atoms with E-state index in [1.54, 1.807) is 0 Å². The maximum atomic E-state index is 5.43. The Kier molecular flexibility index (Phi) is 16.9. The second kappa shape index (κ2) is 17.1. The van der Waals surface area contributed by atoms with Gasteiger partial charge in [0.1, 0.15) is 0 Å². The van der Waals surface area contributed by atoms with Gasteiger partial charge in [0.15, 0.2) is 0 Å². The van der Waals surface area contributed by atoms with Gasteiger partial charge < -0.3 is 29.6 Å².